The van der Waals surface area contributed by atoms with Gasteiger partial charge in [-0.1, -0.05) is 16.8 Å². The van der Waals surface area contributed by atoms with Crippen LogP contribution in [0.25, 0.3) is 0 Å². The van der Waals surface area contributed by atoms with E-state index in [-0.39, 0.29) is 24.5 Å². The molecule has 0 spiro atoms. The molecule has 3 amide bonds. The average Bonchev–Trinajstić information content (AvgIpc) is 2.93. The molecular formula is C17H21ClN4O3. The van der Waals surface area contributed by atoms with Gasteiger partial charge in [0.1, 0.15) is 0 Å². The van der Waals surface area contributed by atoms with E-state index in [2.05, 4.69) is 15.8 Å². The van der Waals surface area contributed by atoms with Crippen molar-refractivity contribution in [2.24, 2.45) is 0 Å². The zero-order valence-electron chi connectivity index (χ0n) is 14.6. The zero-order valence-corrected chi connectivity index (χ0v) is 15.3. The van der Waals surface area contributed by atoms with Crippen molar-refractivity contribution >= 4 is 29.2 Å². The summed E-state index contributed by atoms with van der Waals surface area (Å²) >= 11 is 6.13. The Bertz CT molecular complexity index is 773. The number of anilines is 1. The van der Waals surface area contributed by atoms with Gasteiger partial charge in [-0.25, -0.2) is 4.79 Å². The van der Waals surface area contributed by atoms with Crippen LogP contribution >= 0.6 is 11.6 Å². The van der Waals surface area contributed by atoms with Crippen LogP contribution in [0.5, 0.6) is 0 Å². The fraction of sp³-hybridized carbons (Fsp3) is 0.353. The normalized spacial score (nSPS) is 10.6. The molecule has 0 radical (unpaired) electrons. The van der Waals surface area contributed by atoms with E-state index in [0.29, 0.717) is 22.0 Å². The third kappa shape index (κ3) is 5.22. The van der Waals surface area contributed by atoms with Gasteiger partial charge in [-0.2, -0.15) is 0 Å². The average molecular weight is 365 g/mol. The Balaban J connectivity index is 2.07. The highest BCUT2D eigenvalue weighted by molar-refractivity contribution is 6.33. The van der Waals surface area contributed by atoms with Crippen LogP contribution in [0.1, 0.15) is 35.7 Å². The molecule has 1 aromatic carbocycles. The number of hydrogen-bond acceptors (Lipinski definition) is 4. The summed E-state index contributed by atoms with van der Waals surface area (Å²) in [5.41, 5.74) is 1.53. The third-order valence-corrected chi connectivity index (χ3v) is 3.64. The van der Waals surface area contributed by atoms with E-state index >= 15 is 0 Å². The molecule has 0 unspecified atom stereocenters. The first-order valence-corrected chi connectivity index (χ1v) is 8.18. The summed E-state index contributed by atoms with van der Waals surface area (Å²) in [6.45, 7) is 5.81. The monoisotopic (exact) mass is 364 g/mol. The van der Waals surface area contributed by atoms with Crippen LogP contribution in [0.15, 0.2) is 28.8 Å². The van der Waals surface area contributed by atoms with Crippen LogP contribution in [0, 0.1) is 6.92 Å². The van der Waals surface area contributed by atoms with Crippen molar-refractivity contribution in [3.8, 4) is 0 Å². The lowest BCUT2D eigenvalue weighted by Gasteiger charge is -2.17. The molecule has 7 nitrogen and oxygen atoms in total. The van der Waals surface area contributed by atoms with Crippen molar-refractivity contribution in [1.29, 1.82) is 0 Å². The van der Waals surface area contributed by atoms with Crippen LogP contribution in [0.4, 0.5) is 10.5 Å². The quantitative estimate of drug-likeness (QED) is 0.850. The van der Waals surface area contributed by atoms with Crippen LogP contribution in [0.2, 0.25) is 5.02 Å². The molecule has 134 valence electrons. The fourth-order valence-electron chi connectivity index (χ4n) is 2.11. The second-order valence-corrected chi connectivity index (χ2v) is 6.45. The van der Waals surface area contributed by atoms with Crippen molar-refractivity contribution in [3.05, 3.63) is 46.3 Å². The number of amides is 3. The molecule has 1 aromatic heterocycles. The number of nitrogens with zero attached hydrogens (tertiary/aromatic N) is 2. The Hall–Kier alpha value is -2.54. The summed E-state index contributed by atoms with van der Waals surface area (Å²) in [7, 11) is 1.62. The standard InChI is InChI=1S/C17H21ClN4O3/c1-10(2)19-16(23)12-5-6-14(18)15(8-12)20-17(24)22(4)9-13-7-11(3)21-25-13/h5-8,10H,9H2,1-4H3,(H,19,23)(H,20,24). The highest BCUT2D eigenvalue weighted by atomic mass is 35.5. The Morgan fingerprint density at radius 1 is 1.32 bits per heavy atom. The first-order valence-electron chi connectivity index (χ1n) is 7.81. The first-order chi connectivity index (χ1) is 11.8. The van der Waals surface area contributed by atoms with Crippen molar-refractivity contribution < 1.29 is 14.1 Å². The van der Waals surface area contributed by atoms with Gasteiger partial charge >= 0.3 is 6.03 Å². The lowest BCUT2D eigenvalue weighted by molar-refractivity contribution is 0.0943. The molecule has 0 aliphatic heterocycles. The molecule has 0 aliphatic carbocycles. The molecule has 2 N–H and O–H groups in total. The predicted octanol–water partition coefficient (Wildman–Crippen LogP) is 3.44. The van der Waals surface area contributed by atoms with E-state index in [1.807, 2.05) is 13.8 Å². The minimum absolute atomic E-state index is 0.0118. The molecule has 1 heterocycles. The lowest BCUT2D eigenvalue weighted by Crippen LogP contribution is -2.31. The van der Waals surface area contributed by atoms with E-state index in [1.54, 1.807) is 38.2 Å². The Morgan fingerprint density at radius 2 is 2.04 bits per heavy atom. The van der Waals surface area contributed by atoms with Gasteiger partial charge in [-0.05, 0) is 39.0 Å². The smallest absolute Gasteiger partial charge is 0.322 e. The summed E-state index contributed by atoms with van der Waals surface area (Å²) in [6, 6.07) is 6.12. The van der Waals surface area contributed by atoms with Crippen LogP contribution in [-0.2, 0) is 6.54 Å². The first kappa shape index (κ1) is 18.8. The van der Waals surface area contributed by atoms with Crippen LogP contribution < -0.4 is 10.6 Å². The van der Waals surface area contributed by atoms with Crippen molar-refractivity contribution in [2.45, 2.75) is 33.4 Å². The maximum atomic E-state index is 12.3. The second-order valence-electron chi connectivity index (χ2n) is 6.04. The molecule has 0 saturated heterocycles. The topological polar surface area (TPSA) is 87.5 Å². The molecule has 0 fully saturated rings. The number of urea groups is 1. The number of carbonyl (C=O) groups is 2. The SMILES string of the molecule is Cc1cc(CN(C)C(=O)Nc2cc(C(=O)NC(C)C)ccc2Cl)on1. The number of aromatic nitrogens is 1. The predicted molar refractivity (Wildman–Crippen MR) is 95.8 cm³/mol. The van der Waals surface area contributed by atoms with Gasteiger partial charge in [0.25, 0.3) is 5.91 Å². The number of hydrogen-bond donors (Lipinski definition) is 2. The van der Waals surface area contributed by atoms with Gasteiger partial charge in [0, 0.05) is 24.7 Å². The molecular weight excluding hydrogens is 344 g/mol. The lowest BCUT2D eigenvalue weighted by atomic mass is 10.1. The molecule has 0 saturated carbocycles. The molecule has 2 rings (SSSR count). The molecule has 0 aliphatic rings. The maximum absolute atomic E-state index is 12.3. The van der Waals surface area contributed by atoms with E-state index in [1.165, 1.54) is 4.90 Å². The second kappa shape index (κ2) is 8.02. The molecule has 25 heavy (non-hydrogen) atoms. The highest BCUT2D eigenvalue weighted by Crippen LogP contribution is 2.23. The summed E-state index contributed by atoms with van der Waals surface area (Å²) in [6.07, 6.45) is 0. The number of nitrogens with one attached hydrogen (secondary N) is 2. The summed E-state index contributed by atoms with van der Waals surface area (Å²) < 4.78 is 5.10. The maximum Gasteiger partial charge on any atom is 0.322 e. The molecule has 0 atom stereocenters. The minimum Gasteiger partial charge on any atom is -0.359 e. The summed E-state index contributed by atoms with van der Waals surface area (Å²) in [5.74, 6) is 0.346. The van der Waals surface area contributed by atoms with Gasteiger partial charge in [0.15, 0.2) is 5.76 Å². The summed E-state index contributed by atoms with van der Waals surface area (Å²) in [5, 5.41) is 9.62. The Labute approximate surface area is 151 Å². The zero-order chi connectivity index (χ0) is 18.6. The number of rotatable bonds is 5. The van der Waals surface area contributed by atoms with Gasteiger partial charge < -0.3 is 20.1 Å². The van der Waals surface area contributed by atoms with E-state index in [4.69, 9.17) is 16.1 Å². The number of aryl methyl sites for hydroxylation is 1. The minimum atomic E-state index is -0.377. The Kier molecular flexibility index (Phi) is 6.03. The largest absolute Gasteiger partial charge is 0.359 e. The fourth-order valence-corrected chi connectivity index (χ4v) is 2.28. The van der Waals surface area contributed by atoms with Crippen LogP contribution in [-0.4, -0.2) is 35.1 Å². The van der Waals surface area contributed by atoms with Gasteiger partial charge in [0.05, 0.1) is 22.9 Å². The highest BCUT2D eigenvalue weighted by Gasteiger charge is 2.15. The van der Waals surface area contributed by atoms with E-state index in [9.17, 15) is 9.59 Å². The third-order valence-electron chi connectivity index (χ3n) is 3.31. The van der Waals surface area contributed by atoms with Crippen molar-refractivity contribution in [1.82, 2.24) is 15.4 Å². The molecule has 2 aromatic rings. The van der Waals surface area contributed by atoms with Crippen molar-refractivity contribution in [3.63, 3.8) is 0 Å². The summed E-state index contributed by atoms with van der Waals surface area (Å²) in [4.78, 5) is 25.8. The van der Waals surface area contributed by atoms with E-state index < -0.39 is 0 Å². The van der Waals surface area contributed by atoms with E-state index in [0.717, 1.165) is 5.69 Å². The Morgan fingerprint density at radius 3 is 2.64 bits per heavy atom. The number of benzene rings is 1. The van der Waals surface area contributed by atoms with Crippen LogP contribution in [0.3, 0.4) is 0 Å². The number of carbonyl (C=O) groups excluding carboxylic acids is 2. The van der Waals surface area contributed by atoms with Gasteiger partial charge in [-0.3, -0.25) is 4.79 Å². The van der Waals surface area contributed by atoms with Crippen molar-refractivity contribution in [2.75, 3.05) is 12.4 Å². The number of halogens is 1. The molecule has 8 heteroatoms. The molecule has 0 bridgehead atoms. The van der Waals surface area contributed by atoms with Gasteiger partial charge in [0.2, 0.25) is 0 Å². The van der Waals surface area contributed by atoms with Gasteiger partial charge in [-0.15, -0.1) is 0 Å².